The maximum absolute atomic E-state index is 13.4. The Hall–Kier alpha value is -1.74. The first-order valence-corrected chi connectivity index (χ1v) is 7.76. The molecule has 21 heavy (non-hydrogen) atoms. The Morgan fingerprint density at radius 3 is 2.71 bits per heavy atom. The quantitative estimate of drug-likeness (QED) is 0.740. The number of para-hydroxylation sites is 2. The molecule has 0 spiro atoms. The van der Waals surface area contributed by atoms with Crippen LogP contribution in [0.1, 0.15) is 24.5 Å². The molecule has 0 fully saturated rings. The van der Waals surface area contributed by atoms with Gasteiger partial charge in [0.2, 0.25) is 5.13 Å². The van der Waals surface area contributed by atoms with Crippen molar-refractivity contribution in [3.63, 3.8) is 0 Å². The van der Waals surface area contributed by atoms with E-state index in [9.17, 15) is 8.78 Å². The molecule has 0 radical (unpaired) electrons. The van der Waals surface area contributed by atoms with Crippen molar-refractivity contribution in [1.82, 2.24) is 19.7 Å². The first-order chi connectivity index (χ1) is 10.1. The number of aromatic nitrogens is 4. The summed E-state index contributed by atoms with van der Waals surface area (Å²) in [6.07, 6.45) is 0. The molecule has 0 aliphatic carbocycles. The van der Waals surface area contributed by atoms with Gasteiger partial charge < -0.3 is 5.73 Å². The molecule has 110 valence electrons. The Balaban J connectivity index is 2.00. The Labute approximate surface area is 127 Å². The Morgan fingerprint density at radius 1 is 1.29 bits per heavy atom. The second kappa shape index (κ2) is 5.57. The highest BCUT2D eigenvalue weighted by atomic mass is 32.2. The maximum Gasteiger partial charge on any atom is 0.320 e. The number of imidazole rings is 1. The fourth-order valence-electron chi connectivity index (χ4n) is 2.03. The Morgan fingerprint density at radius 2 is 2.05 bits per heavy atom. The summed E-state index contributed by atoms with van der Waals surface area (Å²) in [7, 11) is 0. The van der Waals surface area contributed by atoms with Gasteiger partial charge >= 0.3 is 6.55 Å². The van der Waals surface area contributed by atoms with Gasteiger partial charge in [0.05, 0.1) is 16.3 Å². The van der Waals surface area contributed by atoms with E-state index >= 15 is 0 Å². The molecular weight excluding hydrogens is 316 g/mol. The Bertz CT molecular complexity index is 770. The summed E-state index contributed by atoms with van der Waals surface area (Å²) in [6, 6.07) is 6.85. The van der Waals surface area contributed by atoms with E-state index in [4.69, 9.17) is 5.73 Å². The van der Waals surface area contributed by atoms with E-state index in [1.54, 1.807) is 24.3 Å². The third-order valence-electron chi connectivity index (χ3n) is 2.88. The maximum atomic E-state index is 13.4. The molecule has 1 aromatic carbocycles. The number of fused-ring (bicyclic) bond motifs is 1. The van der Waals surface area contributed by atoms with Gasteiger partial charge in [0, 0.05) is 0 Å². The van der Waals surface area contributed by atoms with E-state index in [1.807, 2.05) is 6.92 Å². The number of rotatable bonds is 4. The van der Waals surface area contributed by atoms with Crippen molar-refractivity contribution >= 4 is 39.3 Å². The van der Waals surface area contributed by atoms with Gasteiger partial charge in [0.1, 0.15) is 5.82 Å². The van der Waals surface area contributed by atoms with Crippen molar-refractivity contribution < 1.29 is 8.78 Å². The Kier molecular flexibility index (Phi) is 3.77. The molecule has 0 amide bonds. The number of nitrogens with zero attached hydrogens (tertiary/aromatic N) is 4. The van der Waals surface area contributed by atoms with Crippen LogP contribution in [0.5, 0.6) is 0 Å². The standard InChI is InChI=1S/C12H11F2N5S2/c1-6(20-12-18-17-11(15)21-12)9-16-7-4-2-3-5-8(7)19(9)10(13)14/h2-6,10H,1H3,(H2,15,17)/t6-/m1/s1. The van der Waals surface area contributed by atoms with Crippen molar-refractivity contribution in [2.75, 3.05) is 5.73 Å². The molecule has 0 aliphatic heterocycles. The number of hydrogen-bond acceptors (Lipinski definition) is 6. The van der Waals surface area contributed by atoms with Gasteiger partial charge in [-0.15, -0.1) is 10.2 Å². The van der Waals surface area contributed by atoms with Gasteiger partial charge in [0.15, 0.2) is 4.34 Å². The predicted octanol–water partition coefficient (Wildman–Crippen LogP) is 3.72. The van der Waals surface area contributed by atoms with Crippen LogP contribution in [-0.4, -0.2) is 19.7 Å². The van der Waals surface area contributed by atoms with Crippen LogP contribution in [0.25, 0.3) is 11.0 Å². The van der Waals surface area contributed by atoms with Crippen LogP contribution in [0.15, 0.2) is 28.6 Å². The normalized spacial score (nSPS) is 13.1. The van der Waals surface area contributed by atoms with Crippen LogP contribution in [0, 0.1) is 0 Å². The lowest BCUT2D eigenvalue weighted by Gasteiger charge is -2.12. The minimum Gasteiger partial charge on any atom is -0.374 e. The van der Waals surface area contributed by atoms with Crippen LogP contribution < -0.4 is 5.73 Å². The van der Waals surface area contributed by atoms with Gasteiger partial charge in [-0.1, -0.05) is 35.2 Å². The average molecular weight is 327 g/mol. The fraction of sp³-hybridized carbons (Fsp3) is 0.250. The predicted molar refractivity (Wildman–Crippen MR) is 79.6 cm³/mol. The zero-order valence-electron chi connectivity index (χ0n) is 10.9. The number of nitrogens with two attached hydrogens (primary N) is 1. The first-order valence-electron chi connectivity index (χ1n) is 6.07. The molecule has 5 nitrogen and oxygen atoms in total. The lowest BCUT2D eigenvalue weighted by molar-refractivity contribution is 0.0715. The minimum absolute atomic E-state index is 0.293. The number of anilines is 1. The molecule has 0 aliphatic rings. The van der Waals surface area contributed by atoms with E-state index < -0.39 is 6.55 Å². The summed E-state index contributed by atoms with van der Waals surface area (Å²) >= 11 is 2.54. The molecule has 2 heterocycles. The number of nitrogen functional groups attached to an aromatic ring is 1. The van der Waals surface area contributed by atoms with Crippen molar-refractivity contribution in [1.29, 1.82) is 0 Å². The van der Waals surface area contributed by atoms with Crippen LogP contribution in [-0.2, 0) is 0 Å². The van der Waals surface area contributed by atoms with E-state index in [0.29, 0.717) is 26.3 Å². The van der Waals surface area contributed by atoms with Gasteiger partial charge in [-0.3, -0.25) is 4.57 Å². The second-order valence-electron chi connectivity index (χ2n) is 4.27. The molecule has 3 rings (SSSR count). The summed E-state index contributed by atoms with van der Waals surface area (Å²) in [5, 5.41) is 7.67. The molecule has 3 aromatic rings. The average Bonchev–Trinajstić information content (AvgIpc) is 3.02. The van der Waals surface area contributed by atoms with Crippen LogP contribution in [0.3, 0.4) is 0 Å². The summed E-state index contributed by atoms with van der Waals surface area (Å²) in [4.78, 5) is 4.32. The minimum atomic E-state index is -2.64. The number of alkyl halides is 2. The molecule has 0 saturated heterocycles. The lowest BCUT2D eigenvalue weighted by Crippen LogP contribution is -2.06. The summed E-state index contributed by atoms with van der Waals surface area (Å²) in [5.41, 5.74) is 6.50. The first kappa shape index (κ1) is 14.2. The highest BCUT2D eigenvalue weighted by Crippen LogP contribution is 2.38. The SMILES string of the molecule is C[C@@H](Sc1nnc(N)s1)c1nc2ccccc2n1C(F)F. The molecule has 1 atom stereocenters. The zero-order valence-corrected chi connectivity index (χ0v) is 12.5. The summed E-state index contributed by atoms with van der Waals surface area (Å²) in [5.74, 6) is 0.310. The van der Waals surface area contributed by atoms with Gasteiger partial charge in [-0.25, -0.2) is 4.98 Å². The third kappa shape index (κ3) is 2.70. The smallest absolute Gasteiger partial charge is 0.320 e. The van der Waals surface area contributed by atoms with Crippen LogP contribution in [0.4, 0.5) is 13.9 Å². The largest absolute Gasteiger partial charge is 0.374 e. The second-order valence-corrected chi connectivity index (χ2v) is 6.87. The van der Waals surface area contributed by atoms with Crippen LogP contribution in [0.2, 0.25) is 0 Å². The van der Waals surface area contributed by atoms with E-state index in [2.05, 4.69) is 15.2 Å². The lowest BCUT2D eigenvalue weighted by atomic mass is 10.3. The monoisotopic (exact) mass is 327 g/mol. The van der Waals surface area contributed by atoms with Gasteiger partial charge in [0.25, 0.3) is 0 Å². The molecule has 9 heteroatoms. The number of halogens is 2. The number of benzene rings is 1. The molecular formula is C12H11F2N5S2. The number of thioether (sulfide) groups is 1. The van der Waals surface area contributed by atoms with E-state index in [-0.39, 0.29) is 5.25 Å². The third-order valence-corrected chi connectivity index (χ3v) is 4.81. The van der Waals surface area contributed by atoms with Crippen molar-refractivity contribution in [2.24, 2.45) is 0 Å². The van der Waals surface area contributed by atoms with Crippen LogP contribution >= 0.6 is 23.1 Å². The van der Waals surface area contributed by atoms with Crippen molar-refractivity contribution in [3.8, 4) is 0 Å². The zero-order chi connectivity index (χ0) is 15.0. The molecule has 2 N–H and O–H groups in total. The molecule has 0 unspecified atom stereocenters. The van der Waals surface area contributed by atoms with Gasteiger partial charge in [-0.2, -0.15) is 8.78 Å². The van der Waals surface area contributed by atoms with Gasteiger partial charge in [-0.05, 0) is 19.1 Å². The summed E-state index contributed by atoms with van der Waals surface area (Å²) < 4.78 is 28.3. The van der Waals surface area contributed by atoms with Crippen molar-refractivity contribution in [2.45, 2.75) is 23.1 Å². The topological polar surface area (TPSA) is 69.6 Å². The summed E-state index contributed by atoms with van der Waals surface area (Å²) in [6.45, 7) is -0.836. The van der Waals surface area contributed by atoms with E-state index in [0.717, 1.165) is 4.57 Å². The van der Waals surface area contributed by atoms with E-state index in [1.165, 1.54) is 23.1 Å². The molecule has 0 bridgehead atoms. The highest BCUT2D eigenvalue weighted by molar-refractivity contribution is 8.01. The van der Waals surface area contributed by atoms with Crippen molar-refractivity contribution in [3.05, 3.63) is 30.1 Å². The number of hydrogen-bond donors (Lipinski definition) is 1. The molecule has 2 aromatic heterocycles. The fourth-order valence-corrected chi connectivity index (χ4v) is 3.91. The molecule has 0 saturated carbocycles. The highest BCUT2D eigenvalue weighted by Gasteiger charge is 2.23.